The van der Waals surface area contributed by atoms with Gasteiger partial charge in [-0.25, -0.2) is 4.98 Å². The van der Waals surface area contributed by atoms with E-state index in [1.807, 2.05) is 25.3 Å². The Morgan fingerprint density at radius 3 is 2.95 bits per heavy atom. The van der Waals surface area contributed by atoms with Gasteiger partial charge in [-0.1, -0.05) is 0 Å². The summed E-state index contributed by atoms with van der Waals surface area (Å²) in [4.78, 5) is 12.6. The Morgan fingerprint density at radius 2 is 2.26 bits per heavy atom. The van der Waals surface area contributed by atoms with Gasteiger partial charge >= 0.3 is 6.01 Å². The van der Waals surface area contributed by atoms with Gasteiger partial charge in [0.1, 0.15) is 5.75 Å². The number of nitrogens with one attached hydrogen (secondary N) is 1. The zero-order chi connectivity index (χ0) is 13.1. The second-order valence-electron chi connectivity index (χ2n) is 4.71. The summed E-state index contributed by atoms with van der Waals surface area (Å²) in [6, 6.07) is 4.69. The number of hydrogen-bond acceptors (Lipinski definition) is 5. The summed E-state index contributed by atoms with van der Waals surface area (Å²) in [6.45, 7) is 2.80. The normalized spacial score (nSPS) is 14.4. The molecule has 5 heteroatoms. The number of ether oxygens (including phenoxy) is 1. The Balaban J connectivity index is 1.67. The van der Waals surface area contributed by atoms with Gasteiger partial charge in [-0.2, -0.15) is 4.98 Å². The highest BCUT2D eigenvalue weighted by Gasteiger charge is 2.20. The second-order valence-corrected chi connectivity index (χ2v) is 4.71. The van der Waals surface area contributed by atoms with Gasteiger partial charge in [0.05, 0.1) is 6.20 Å². The molecule has 1 aliphatic carbocycles. The van der Waals surface area contributed by atoms with E-state index in [0.717, 1.165) is 17.8 Å². The van der Waals surface area contributed by atoms with Crippen LogP contribution in [0.4, 0.5) is 0 Å². The zero-order valence-electron chi connectivity index (χ0n) is 10.8. The molecular weight excluding hydrogens is 240 g/mol. The summed E-state index contributed by atoms with van der Waals surface area (Å²) < 4.78 is 5.55. The minimum Gasteiger partial charge on any atom is -0.423 e. The first-order chi connectivity index (χ1) is 9.31. The molecule has 0 bridgehead atoms. The predicted molar refractivity (Wildman–Crippen MR) is 70.9 cm³/mol. The Bertz CT molecular complexity index is 555. The van der Waals surface area contributed by atoms with E-state index in [1.54, 1.807) is 12.4 Å². The predicted octanol–water partition coefficient (Wildman–Crippen LogP) is 2.22. The number of rotatable bonds is 5. The molecule has 2 aromatic heterocycles. The molecular formula is C14H16N4O. The van der Waals surface area contributed by atoms with Crippen LogP contribution in [0.1, 0.15) is 24.1 Å². The van der Waals surface area contributed by atoms with Crippen molar-refractivity contribution in [3.05, 3.63) is 42.0 Å². The number of aromatic nitrogens is 3. The van der Waals surface area contributed by atoms with Crippen LogP contribution in [0.2, 0.25) is 0 Å². The molecule has 0 radical (unpaired) electrons. The van der Waals surface area contributed by atoms with Crippen molar-refractivity contribution in [2.24, 2.45) is 0 Å². The standard InChI is InChI=1S/C14H16N4O/c1-10-11(7-16-12-4-5-12)8-17-14(18-10)19-13-3-2-6-15-9-13/h2-3,6,8-9,12,16H,4-5,7H2,1H3. The lowest BCUT2D eigenvalue weighted by atomic mass is 10.2. The fourth-order valence-corrected chi connectivity index (χ4v) is 1.75. The van der Waals surface area contributed by atoms with Crippen LogP contribution in [-0.2, 0) is 6.54 Å². The van der Waals surface area contributed by atoms with Crippen LogP contribution < -0.4 is 10.1 Å². The van der Waals surface area contributed by atoms with E-state index in [2.05, 4.69) is 20.3 Å². The van der Waals surface area contributed by atoms with E-state index in [9.17, 15) is 0 Å². The van der Waals surface area contributed by atoms with Crippen LogP contribution in [0.15, 0.2) is 30.7 Å². The summed E-state index contributed by atoms with van der Waals surface area (Å²) in [5.41, 5.74) is 2.06. The monoisotopic (exact) mass is 256 g/mol. The maximum absolute atomic E-state index is 5.55. The molecule has 2 heterocycles. The summed E-state index contributed by atoms with van der Waals surface area (Å²) in [5.74, 6) is 0.644. The fraction of sp³-hybridized carbons (Fsp3) is 0.357. The van der Waals surface area contributed by atoms with Crippen LogP contribution in [0.25, 0.3) is 0 Å². The van der Waals surface area contributed by atoms with E-state index in [-0.39, 0.29) is 0 Å². The van der Waals surface area contributed by atoms with Gasteiger partial charge in [-0.15, -0.1) is 0 Å². The Morgan fingerprint density at radius 1 is 1.37 bits per heavy atom. The highest BCUT2D eigenvalue weighted by atomic mass is 16.5. The molecule has 5 nitrogen and oxygen atoms in total. The molecule has 0 atom stereocenters. The first-order valence-corrected chi connectivity index (χ1v) is 6.45. The average molecular weight is 256 g/mol. The fourth-order valence-electron chi connectivity index (χ4n) is 1.75. The van der Waals surface area contributed by atoms with Crippen molar-refractivity contribution in [2.45, 2.75) is 32.4 Å². The molecule has 0 amide bonds. The highest BCUT2D eigenvalue weighted by molar-refractivity contribution is 5.23. The molecule has 0 unspecified atom stereocenters. The second kappa shape index (κ2) is 5.32. The van der Waals surface area contributed by atoms with Gasteiger partial charge in [0.25, 0.3) is 0 Å². The van der Waals surface area contributed by atoms with Gasteiger partial charge in [0, 0.05) is 36.2 Å². The third-order valence-electron chi connectivity index (χ3n) is 3.06. The van der Waals surface area contributed by atoms with Crippen molar-refractivity contribution >= 4 is 0 Å². The van der Waals surface area contributed by atoms with Crippen molar-refractivity contribution in [1.29, 1.82) is 0 Å². The third kappa shape index (κ3) is 3.26. The lowest BCUT2D eigenvalue weighted by molar-refractivity contribution is 0.437. The van der Waals surface area contributed by atoms with E-state index in [0.29, 0.717) is 17.8 Å². The van der Waals surface area contributed by atoms with E-state index in [4.69, 9.17) is 4.74 Å². The lowest BCUT2D eigenvalue weighted by Crippen LogP contribution is -2.16. The maximum atomic E-state index is 5.55. The molecule has 1 aliphatic rings. The topological polar surface area (TPSA) is 59.9 Å². The van der Waals surface area contributed by atoms with E-state index < -0.39 is 0 Å². The van der Waals surface area contributed by atoms with Crippen LogP contribution in [0, 0.1) is 6.92 Å². The first kappa shape index (κ1) is 12.0. The molecule has 1 fully saturated rings. The van der Waals surface area contributed by atoms with Crippen LogP contribution >= 0.6 is 0 Å². The van der Waals surface area contributed by atoms with Crippen molar-refractivity contribution in [3.8, 4) is 11.8 Å². The van der Waals surface area contributed by atoms with E-state index >= 15 is 0 Å². The number of pyridine rings is 1. The molecule has 0 aliphatic heterocycles. The maximum Gasteiger partial charge on any atom is 0.322 e. The lowest BCUT2D eigenvalue weighted by Gasteiger charge is -2.08. The molecule has 0 saturated heterocycles. The molecule has 2 aromatic rings. The smallest absolute Gasteiger partial charge is 0.322 e. The molecule has 0 spiro atoms. The molecule has 19 heavy (non-hydrogen) atoms. The van der Waals surface area contributed by atoms with Crippen LogP contribution in [0.3, 0.4) is 0 Å². The molecule has 3 rings (SSSR count). The Hall–Kier alpha value is -2.01. The summed E-state index contributed by atoms with van der Waals surface area (Å²) >= 11 is 0. The largest absolute Gasteiger partial charge is 0.423 e. The zero-order valence-corrected chi connectivity index (χ0v) is 10.8. The minimum absolute atomic E-state index is 0.362. The van der Waals surface area contributed by atoms with E-state index in [1.165, 1.54) is 12.8 Å². The summed E-state index contributed by atoms with van der Waals surface area (Å²) in [5, 5.41) is 3.45. The van der Waals surface area contributed by atoms with Crippen molar-refractivity contribution in [1.82, 2.24) is 20.3 Å². The first-order valence-electron chi connectivity index (χ1n) is 6.45. The third-order valence-corrected chi connectivity index (χ3v) is 3.06. The van der Waals surface area contributed by atoms with Gasteiger partial charge in [0.15, 0.2) is 0 Å². The van der Waals surface area contributed by atoms with Gasteiger partial charge in [-0.05, 0) is 31.9 Å². The van der Waals surface area contributed by atoms with Crippen molar-refractivity contribution in [2.75, 3.05) is 0 Å². The average Bonchev–Trinajstić information content (AvgIpc) is 3.23. The highest BCUT2D eigenvalue weighted by Crippen LogP contribution is 2.20. The van der Waals surface area contributed by atoms with Gasteiger partial charge in [-0.3, -0.25) is 4.98 Å². The Labute approximate surface area is 112 Å². The van der Waals surface area contributed by atoms with Crippen molar-refractivity contribution in [3.63, 3.8) is 0 Å². The molecule has 98 valence electrons. The molecule has 1 N–H and O–H groups in total. The van der Waals surface area contributed by atoms with Gasteiger partial charge < -0.3 is 10.1 Å². The van der Waals surface area contributed by atoms with Crippen LogP contribution in [0.5, 0.6) is 11.8 Å². The van der Waals surface area contributed by atoms with Crippen molar-refractivity contribution < 1.29 is 4.74 Å². The Kier molecular flexibility index (Phi) is 3.37. The molecule has 1 saturated carbocycles. The van der Waals surface area contributed by atoms with Crippen LogP contribution in [-0.4, -0.2) is 21.0 Å². The number of aryl methyl sites for hydroxylation is 1. The quantitative estimate of drug-likeness (QED) is 0.888. The number of hydrogen-bond donors (Lipinski definition) is 1. The minimum atomic E-state index is 0.362. The number of nitrogens with zero attached hydrogens (tertiary/aromatic N) is 3. The summed E-state index contributed by atoms with van der Waals surface area (Å²) in [7, 11) is 0. The molecule has 0 aromatic carbocycles. The SMILES string of the molecule is Cc1nc(Oc2cccnc2)ncc1CNC1CC1. The summed E-state index contributed by atoms with van der Waals surface area (Å²) in [6.07, 6.45) is 7.72. The van der Waals surface area contributed by atoms with Gasteiger partial charge in [0.2, 0.25) is 0 Å².